The summed E-state index contributed by atoms with van der Waals surface area (Å²) in [5, 5.41) is 1.47. The number of aryl methyl sites for hydroxylation is 1. The Balaban J connectivity index is 2.79. The van der Waals surface area contributed by atoms with Gasteiger partial charge in [-0.25, -0.2) is 4.39 Å². The maximum atomic E-state index is 13.2. The number of carbonyl (C=O) groups excluding carboxylic acids is 1. The van der Waals surface area contributed by atoms with Crippen LogP contribution in [0.3, 0.4) is 0 Å². The van der Waals surface area contributed by atoms with Crippen LogP contribution in [0.1, 0.15) is 15.9 Å². The van der Waals surface area contributed by atoms with Crippen LogP contribution in [0.5, 0.6) is 0 Å². The van der Waals surface area contributed by atoms with Gasteiger partial charge in [-0.3, -0.25) is 4.79 Å². The lowest BCUT2D eigenvalue weighted by molar-refractivity contribution is 0.1000. The van der Waals surface area contributed by atoms with Crippen LogP contribution in [0, 0.1) is 12.7 Å². The Morgan fingerprint density at radius 3 is 2.50 bits per heavy atom. The predicted molar refractivity (Wildman–Crippen MR) is 62.2 cm³/mol. The van der Waals surface area contributed by atoms with E-state index in [-0.39, 0.29) is 5.02 Å². The molecule has 2 nitrogen and oxygen atoms in total. The third-order valence-electron chi connectivity index (χ3n) is 2.49. The van der Waals surface area contributed by atoms with E-state index in [1.807, 2.05) is 0 Å². The largest absolute Gasteiger partial charge is 0.366 e. The highest BCUT2D eigenvalue weighted by molar-refractivity contribution is 6.31. The van der Waals surface area contributed by atoms with Gasteiger partial charge in [0, 0.05) is 5.56 Å². The fourth-order valence-corrected chi connectivity index (χ4v) is 1.85. The van der Waals surface area contributed by atoms with Crippen LogP contribution in [-0.2, 0) is 0 Å². The minimum atomic E-state index is -0.519. The van der Waals surface area contributed by atoms with Crippen LogP contribution in [0.4, 0.5) is 4.39 Å². The van der Waals surface area contributed by atoms with Crippen molar-refractivity contribution in [3.8, 4) is 0 Å². The molecule has 0 unspecified atom stereocenters. The number of carbonyl (C=O) groups is 1. The third-order valence-corrected chi connectivity index (χ3v) is 2.78. The SMILES string of the molecule is Cc1cc2cc(Cl)c(F)cc2cc1C(N)=O. The average molecular weight is 238 g/mol. The number of halogens is 2. The van der Waals surface area contributed by atoms with Gasteiger partial charge in [0.1, 0.15) is 5.82 Å². The van der Waals surface area contributed by atoms with Gasteiger partial charge in [-0.05, 0) is 41.5 Å². The first kappa shape index (κ1) is 10.9. The lowest BCUT2D eigenvalue weighted by Crippen LogP contribution is -2.12. The Bertz CT molecular complexity index is 595. The minimum absolute atomic E-state index is 0.0683. The molecule has 0 aliphatic rings. The van der Waals surface area contributed by atoms with Gasteiger partial charge in [-0.2, -0.15) is 0 Å². The first-order valence-corrected chi connectivity index (χ1v) is 5.06. The number of primary amides is 1. The summed E-state index contributed by atoms with van der Waals surface area (Å²) < 4.78 is 13.2. The first-order valence-electron chi connectivity index (χ1n) is 4.68. The number of nitrogens with two attached hydrogens (primary N) is 1. The summed E-state index contributed by atoms with van der Waals surface area (Å²) in [6.07, 6.45) is 0. The van der Waals surface area contributed by atoms with Crippen LogP contribution in [0.2, 0.25) is 5.02 Å². The molecular weight excluding hydrogens is 229 g/mol. The fourth-order valence-electron chi connectivity index (χ4n) is 1.67. The summed E-state index contributed by atoms with van der Waals surface area (Å²) in [7, 11) is 0. The van der Waals surface area contributed by atoms with Gasteiger partial charge in [0.25, 0.3) is 0 Å². The van der Waals surface area contributed by atoms with Crippen molar-refractivity contribution in [2.24, 2.45) is 5.73 Å². The molecule has 82 valence electrons. The van der Waals surface area contributed by atoms with Crippen LogP contribution in [-0.4, -0.2) is 5.91 Å². The summed E-state index contributed by atoms with van der Waals surface area (Å²) in [5.41, 5.74) is 6.36. The van der Waals surface area contributed by atoms with Gasteiger partial charge < -0.3 is 5.73 Å². The summed E-state index contributed by atoms with van der Waals surface area (Å²) in [6.45, 7) is 1.77. The topological polar surface area (TPSA) is 43.1 Å². The number of hydrogen-bond donors (Lipinski definition) is 1. The molecule has 0 aromatic heterocycles. The van der Waals surface area contributed by atoms with Crippen molar-refractivity contribution < 1.29 is 9.18 Å². The summed E-state index contributed by atoms with van der Waals surface area (Å²) in [5.74, 6) is -1.02. The highest BCUT2D eigenvalue weighted by Crippen LogP contribution is 2.25. The molecule has 0 aliphatic carbocycles. The number of rotatable bonds is 1. The van der Waals surface area contributed by atoms with E-state index in [2.05, 4.69) is 0 Å². The molecule has 16 heavy (non-hydrogen) atoms. The molecule has 0 aliphatic heterocycles. The van der Waals surface area contributed by atoms with Crippen molar-refractivity contribution in [1.82, 2.24) is 0 Å². The third kappa shape index (κ3) is 1.74. The lowest BCUT2D eigenvalue weighted by Gasteiger charge is -2.06. The Labute approximate surface area is 96.8 Å². The van der Waals surface area contributed by atoms with Crippen molar-refractivity contribution >= 4 is 28.3 Å². The maximum absolute atomic E-state index is 13.2. The van der Waals surface area contributed by atoms with E-state index in [0.717, 1.165) is 10.9 Å². The van der Waals surface area contributed by atoms with E-state index >= 15 is 0 Å². The zero-order valence-corrected chi connectivity index (χ0v) is 9.31. The average Bonchev–Trinajstić information content (AvgIpc) is 2.19. The van der Waals surface area contributed by atoms with Gasteiger partial charge in [0.05, 0.1) is 5.02 Å². The van der Waals surface area contributed by atoms with Gasteiger partial charge in [0.2, 0.25) is 5.91 Å². The van der Waals surface area contributed by atoms with Crippen molar-refractivity contribution in [2.45, 2.75) is 6.92 Å². The zero-order chi connectivity index (χ0) is 11.9. The second kappa shape index (κ2) is 3.76. The molecule has 0 heterocycles. The lowest BCUT2D eigenvalue weighted by atomic mass is 10.0. The van der Waals surface area contributed by atoms with Crippen LogP contribution < -0.4 is 5.73 Å². The smallest absolute Gasteiger partial charge is 0.248 e. The van der Waals surface area contributed by atoms with E-state index in [4.69, 9.17) is 17.3 Å². The molecule has 4 heteroatoms. The second-order valence-corrected chi connectivity index (χ2v) is 4.05. The number of fused-ring (bicyclic) bond motifs is 1. The van der Waals surface area contributed by atoms with E-state index in [1.165, 1.54) is 12.1 Å². The predicted octanol–water partition coefficient (Wildman–Crippen LogP) is 3.04. The minimum Gasteiger partial charge on any atom is -0.366 e. The molecule has 0 spiro atoms. The molecule has 0 atom stereocenters. The van der Waals surface area contributed by atoms with Crippen molar-refractivity contribution in [2.75, 3.05) is 0 Å². The molecule has 0 radical (unpaired) electrons. The fraction of sp³-hybridized carbons (Fsp3) is 0.0833. The first-order chi connectivity index (χ1) is 7.49. The standard InChI is InChI=1S/C12H9ClFNO/c1-6-2-7-4-10(13)11(14)5-8(7)3-9(6)12(15)16/h2-5H,1H3,(H2,15,16). The molecule has 2 aromatic rings. The Morgan fingerprint density at radius 2 is 1.88 bits per heavy atom. The van der Waals surface area contributed by atoms with E-state index in [1.54, 1.807) is 19.1 Å². The number of benzene rings is 2. The van der Waals surface area contributed by atoms with Crippen LogP contribution in [0.15, 0.2) is 24.3 Å². The second-order valence-electron chi connectivity index (χ2n) is 3.64. The molecule has 2 rings (SSSR count). The molecule has 0 bridgehead atoms. The maximum Gasteiger partial charge on any atom is 0.248 e. The summed E-state index contributed by atoms with van der Waals surface area (Å²) in [6, 6.07) is 6.17. The van der Waals surface area contributed by atoms with E-state index in [9.17, 15) is 9.18 Å². The van der Waals surface area contributed by atoms with Gasteiger partial charge in [0.15, 0.2) is 0 Å². The van der Waals surface area contributed by atoms with Crippen molar-refractivity contribution in [1.29, 1.82) is 0 Å². The molecule has 1 amide bonds. The zero-order valence-electron chi connectivity index (χ0n) is 8.55. The van der Waals surface area contributed by atoms with Crippen LogP contribution in [0.25, 0.3) is 10.8 Å². The van der Waals surface area contributed by atoms with Crippen LogP contribution >= 0.6 is 11.6 Å². The number of amides is 1. The summed E-state index contributed by atoms with van der Waals surface area (Å²) >= 11 is 5.68. The molecule has 0 saturated carbocycles. The molecule has 2 N–H and O–H groups in total. The van der Waals surface area contributed by atoms with Gasteiger partial charge in [-0.15, -0.1) is 0 Å². The summed E-state index contributed by atoms with van der Waals surface area (Å²) in [4.78, 5) is 11.1. The quantitative estimate of drug-likeness (QED) is 0.814. The Hall–Kier alpha value is -1.61. The van der Waals surface area contributed by atoms with Crippen molar-refractivity contribution in [3.63, 3.8) is 0 Å². The Kier molecular flexibility index (Phi) is 2.56. The molecule has 2 aromatic carbocycles. The number of hydrogen-bond acceptors (Lipinski definition) is 1. The molecule has 0 fully saturated rings. The normalized spacial score (nSPS) is 10.7. The molecular formula is C12H9ClFNO. The van der Waals surface area contributed by atoms with E-state index in [0.29, 0.717) is 10.9 Å². The van der Waals surface area contributed by atoms with Crippen molar-refractivity contribution in [3.05, 3.63) is 46.2 Å². The van der Waals surface area contributed by atoms with Gasteiger partial charge >= 0.3 is 0 Å². The highest BCUT2D eigenvalue weighted by Gasteiger charge is 2.09. The van der Waals surface area contributed by atoms with Gasteiger partial charge in [-0.1, -0.05) is 17.7 Å². The monoisotopic (exact) mass is 237 g/mol. The highest BCUT2D eigenvalue weighted by atomic mass is 35.5. The Morgan fingerprint density at radius 1 is 1.25 bits per heavy atom. The molecule has 0 saturated heterocycles. The van der Waals surface area contributed by atoms with E-state index < -0.39 is 11.7 Å².